The smallest absolute Gasteiger partial charge is 0.261 e. The predicted molar refractivity (Wildman–Crippen MR) is 101 cm³/mol. The van der Waals surface area contributed by atoms with Crippen LogP contribution in [0.1, 0.15) is 11.1 Å². The maximum Gasteiger partial charge on any atom is 0.261 e. The molecule has 6 heteroatoms. The SMILES string of the molecule is N#CC(=Cc1cn[nH]c1-c1ccc(F)cc1)C(=O)NCCc1ccccc1. The number of hydrogen-bond donors (Lipinski definition) is 2. The van der Waals surface area contributed by atoms with Gasteiger partial charge in [-0.05, 0) is 42.3 Å². The summed E-state index contributed by atoms with van der Waals surface area (Å²) in [5.41, 5.74) is 2.99. The van der Waals surface area contributed by atoms with E-state index >= 15 is 0 Å². The summed E-state index contributed by atoms with van der Waals surface area (Å²) >= 11 is 0. The third-order valence-corrected chi connectivity index (χ3v) is 4.01. The number of halogens is 1. The lowest BCUT2D eigenvalue weighted by Crippen LogP contribution is -2.26. The third-order valence-electron chi connectivity index (χ3n) is 4.01. The predicted octanol–water partition coefficient (Wildman–Crippen LogP) is 3.48. The Hall–Kier alpha value is -3.72. The average Bonchev–Trinajstić information content (AvgIpc) is 3.15. The standard InChI is InChI=1S/C21H17FN4O/c22-19-8-6-16(7-9-19)20-18(14-25-26-20)12-17(13-23)21(27)24-11-10-15-4-2-1-3-5-15/h1-9,12,14H,10-11H2,(H,24,27)(H,25,26). The van der Waals surface area contributed by atoms with Crippen LogP contribution in [0, 0.1) is 17.1 Å². The monoisotopic (exact) mass is 360 g/mol. The topological polar surface area (TPSA) is 81.6 Å². The molecular weight excluding hydrogens is 343 g/mol. The Labute approximate surface area is 156 Å². The first-order valence-corrected chi connectivity index (χ1v) is 8.40. The van der Waals surface area contributed by atoms with E-state index in [9.17, 15) is 14.4 Å². The number of carbonyl (C=O) groups is 1. The van der Waals surface area contributed by atoms with Gasteiger partial charge in [-0.3, -0.25) is 9.89 Å². The van der Waals surface area contributed by atoms with Crippen molar-refractivity contribution in [1.29, 1.82) is 5.26 Å². The van der Waals surface area contributed by atoms with Crippen LogP contribution in [0.2, 0.25) is 0 Å². The van der Waals surface area contributed by atoms with Crippen LogP contribution in [0.4, 0.5) is 4.39 Å². The molecule has 0 aliphatic rings. The van der Waals surface area contributed by atoms with Gasteiger partial charge in [0, 0.05) is 17.7 Å². The number of aromatic amines is 1. The molecule has 0 bridgehead atoms. The summed E-state index contributed by atoms with van der Waals surface area (Å²) in [5, 5.41) is 18.9. The quantitative estimate of drug-likeness (QED) is 0.522. The van der Waals surface area contributed by atoms with Gasteiger partial charge in [0.1, 0.15) is 17.5 Å². The van der Waals surface area contributed by atoms with Gasteiger partial charge in [0.25, 0.3) is 5.91 Å². The van der Waals surface area contributed by atoms with Crippen molar-refractivity contribution in [1.82, 2.24) is 15.5 Å². The third kappa shape index (κ3) is 4.67. The molecule has 0 saturated carbocycles. The molecule has 0 spiro atoms. The number of benzene rings is 2. The first kappa shape index (κ1) is 18.1. The minimum absolute atomic E-state index is 0.0205. The zero-order valence-corrected chi connectivity index (χ0v) is 14.4. The molecule has 2 aromatic carbocycles. The molecule has 0 fully saturated rings. The van der Waals surface area contributed by atoms with Crippen molar-refractivity contribution in [2.75, 3.05) is 6.54 Å². The number of nitriles is 1. The second-order valence-electron chi connectivity index (χ2n) is 5.87. The van der Waals surface area contributed by atoms with Crippen LogP contribution in [-0.4, -0.2) is 22.6 Å². The van der Waals surface area contributed by atoms with Crippen molar-refractivity contribution in [3.8, 4) is 17.3 Å². The van der Waals surface area contributed by atoms with Crippen molar-refractivity contribution in [2.24, 2.45) is 0 Å². The second-order valence-corrected chi connectivity index (χ2v) is 5.87. The Morgan fingerprint density at radius 1 is 1.19 bits per heavy atom. The summed E-state index contributed by atoms with van der Waals surface area (Å²) in [6.45, 7) is 0.429. The maximum absolute atomic E-state index is 13.1. The van der Waals surface area contributed by atoms with E-state index < -0.39 is 5.91 Å². The average molecular weight is 360 g/mol. The largest absolute Gasteiger partial charge is 0.351 e. The molecule has 1 amide bonds. The first-order valence-electron chi connectivity index (χ1n) is 8.40. The van der Waals surface area contributed by atoms with E-state index in [0.717, 1.165) is 5.56 Å². The normalized spacial score (nSPS) is 11.0. The molecule has 27 heavy (non-hydrogen) atoms. The lowest BCUT2D eigenvalue weighted by Gasteiger charge is -2.05. The molecule has 3 aromatic rings. The van der Waals surface area contributed by atoms with Crippen LogP contribution in [0.15, 0.2) is 66.4 Å². The number of carbonyl (C=O) groups excluding carboxylic acids is 1. The van der Waals surface area contributed by atoms with Gasteiger partial charge in [0.15, 0.2) is 0 Å². The van der Waals surface area contributed by atoms with Crippen molar-refractivity contribution < 1.29 is 9.18 Å². The van der Waals surface area contributed by atoms with E-state index in [1.807, 2.05) is 36.4 Å². The Balaban J connectivity index is 1.71. The molecular formula is C21H17FN4O. The Morgan fingerprint density at radius 2 is 1.93 bits per heavy atom. The number of aromatic nitrogens is 2. The van der Waals surface area contributed by atoms with E-state index in [2.05, 4.69) is 15.5 Å². The minimum Gasteiger partial charge on any atom is -0.351 e. The van der Waals surface area contributed by atoms with Gasteiger partial charge >= 0.3 is 0 Å². The number of rotatable bonds is 6. The van der Waals surface area contributed by atoms with Crippen LogP contribution in [0.25, 0.3) is 17.3 Å². The van der Waals surface area contributed by atoms with Crippen LogP contribution in [0.5, 0.6) is 0 Å². The Kier molecular flexibility index (Phi) is 5.75. The zero-order chi connectivity index (χ0) is 19.1. The van der Waals surface area contributed by atoms with E-state index in [1.165, 1.54) is 24.4 Å². The number of amides is 1. The Morgan fingerprint density at radius 3 is 2.63 bits per heavy atom. The lowest BCUT2D eigenvalue weighted by molar-refractivity contribution is -0.117. The van der Waals surface area contributed by atoms with Crippen LogP contribution in [-0.2, 0) is 11.2 Å². The number of nitrogens with one attached hydrogen (secondary N) is 2. The number of nitrogens with zero attached hydrogens (tertiary/aromatic N) is 2. The van der Waals surface area contributed by atoms with Crippen molar-refractivity contribution >= 4 is 12.0 Å². The summed E-state index contributed by atoms with van der Waals surface area (Å²) in [6, 6.07) is 17.6. The molecule has 134 valence electrons. The van der Waals surface area contributed by atoms with Crippen molar-refractivity contribution in [2.45, 2.75) is 6.42 Å². The fraction of sp³-hybridized carbons (Fsp3) is 0.0952. The van der Waals surface area contributed by atoms with Gasteiger partial charge in [0.2, 0.25) is 0 Å². The van der Waals surface area contributed by atoms with Crippen LogP contribution >= 0.6 is 0 Å². The van der Waals surface area contributed by atoms with Gasteiger partial charge in [-0.15, -0.1) is 0 Å². The maximum atomic E-state index is 13.1. The van der Waals surface area contributed by atoms with E-state index in [0.29, 0.717) is 29.8 Å². The van der Waals surface area contributed by atoms with Crippen LogP contribution < -0.4 is 5.32 Å². The highest BCUT2D eigenvalue weighted by Gasteiger charge is 2.12. The molecule has 2 N–H and O–H groups in total. The van der Waals surface area contributed by atoms with E-state index in [4.69, 9.17) is 0 Å². The molecule has 0 atom stereocenters. The molecule has 0 aliphatic carbocycles. The van der Waals surface area contributed by atoms with Gasteiger partial charge in [0.05, 0.1) is 11.9 Å². The van der Waals surface area contributed by atoms with E-state index in [1.54, 1.807) is 12.1 Å². The molecule has 0 aliphatic heterocycles. The summed E-state index contributed by atoms with van der Waals surface area (Å²) in [6.07, 6.45) is 3.67. The fourth-order valence-corrected chi connectivity index (χ4v) is 2.62. The molecule has 1 aromatic heterocycles. The second kappa shape index (κ2) is 8.59. The molecule has 1 heterocycles. The zero-order valence-electron chi connectivity index (χ0n) is 14.4. The molecule has 0 saturated heterocycles. The van der Waals surface area contributed by atoms with Gasteiger partial charge in [-0.1, -0.05) is 30.3 Å². The van der Waals surface area contributed by atoms with Crippen molar-refractivity contribution in [3.05, 3.63) is 83.3 Å². The first-order chi connectivity index (χ1) is 13.2. The minimum atomic E-state index is -0.445. The van der Waals surface area contributed by atoms with Crippen LogP contribution in [0.3, 0.4) is 0 Å². The molecule has 0 unspecified atom stereocenters. The number of hydrogen-bond acceptors (Lipinski definition) is 3. The fourth-order valence-electron chi connectivity index (χ4n) is 2.62. The van der Waals surface area contributed by atoms with E-state index in [-0.39, 0.29) is 11.4 Å². The van der Waals surface area contributed by atoms with Gasteiger partial charge < -0.3 is 5.32 Å². The summed E-state index contributed by atoms with van der Waals surface area (Å²) in [7, 11) is 0. The summed E-state index contributed by atoms with van der Waals surface area (Å²) in [4.78, 5) is 12.3. The van der Waals surface area contributed by atoms with Crippen molar-refractivity contribution in [3.63, 3.8) is 0 Å². The number of H-pyrrole nitrogens is 1. The lowest BCUT2D eigenvalue weighted by atomic mass is 10.1. The molecule has 5 nitrogen and oxygen atoms in total. The highest BCUT2D eigenvalue weighted by Crippen LogP contribution is 2.23. The van der Waals surface area contributed by atoms with Gasteiger partial charge in [-0.2, -0.15) is 10.4 Å². The summed E-state index contributed by atoms with van der Waals surface area (Å²) in [5.74, 6) is -0.787. The highest BCUT2D eigenvalue weighted by atomic mass is 19.1. The highest BCUT2D eigenvalue weighted by molar-refractivity contribution is 6.02. The molecule has 0 radical (unpaired) electrons. The molecule has 3 rings (SSSR count). The summed E-state index contributed by atoms with van der Waals surface area (Å²) < 4.78 is 13.1. The van der Waals surface area contributed by atoms with Gasteiger partial charge in [-0.25, -0.2) is 4.39 Å². The Bertz CT molecular complexity index is 985.